The number of carboxylic acid groups (broad SMARTS) is 1. The van der Waals surface area contributed by atoms with Crippen molar-refractivity contribution in [3.05, 3.63) is 35.4 Å². The summed E-state index contributed by atoms with van der Waals surface area (Å²) < 4.78 is 5.58. The number of hydrogen-bond donors (Lipinski definition) is 1. The molecule has 0 radical (unpaired) electrons. The molecule has 2 rings (SSSR count). The fourth-order valence-electron chi connectivity index (χ4n) is 2.40. The van der Waals surface area contributed by atoms with Crippen LogP contribution in [-0.4, -0.2) is 41.3 Å². The van der Waals surface area contributed by atoms with Crippen molar-refractivity contribution in [2.45, 2.75) is 32.4 Å². The summed E-state index contributed by atoms with van der Waals surface area (Å²) in [6.45, 7) is 7.69. The maximum atomic E-state index is 10.8. The van der Waals surface area contributed by atoms with Crippen LogP contribution >= 0.6 is 0 Å². The number of rotatable bonds is 4. The Morgan fingerprint density at radius 3 is 2.68 bits per heavy atom. The van der Waals surface area contributed by atoms with Gasteiger partial charge >= 0.3 is 5.97 Å². The quantitative estimate of drug-likeness (QED) is 0.906. The van der Waals surface area contributed by atoms with Crippen molar-refractivity contribution in [3.8, 4) is 0 Å². The Morgan fingerprint density at radius 2 is 2.11 bits per heavy atom. The molecule has 1 atom stereocenters. The molecular formula is C15H21NO3. The lowest BCUT2D eigenvalue weighted by Crippen LogP contribution is -2.53. The fourth-order valence-corrected chi connectivity index (χ4v) is 2.40. The van der Waals surface area contributed by atoms with Crippen LogP contribution in [-0.2, 0) is 11.3 Å². The van der Waals surface area contributed by atoms with E-state index < -0.39 is 5.97 Å². The van der Waals surface area contributed by atoms with Gasteiger partial charge in [-0.2, -0.15) is 0 Å². The summed E-state index contributed by atoms with van der Waals surface area (Å²) in [6.07, 6.45) is 1.04. The Bertz CT molecular complexity index is 443. The summed E-state index contributed by atoms with van der Waals surface area (Å²) in [5, 5.41) is 8.89. The van der Waals surface area contributed by atoms with E-state index in [2.05, 4.69) is 18.7 Å². The van der Waals surface area contributed by atoms with Crippen molar-refractivity contribution in [1.29, 1.82) is 0 Å². The Labute approximate surface area is 114 Å². The minimum Gasteiger partial charge on any atom is -0.478 e. The number of nitrogens with zero attached hydrogens (tertiary/aromatic N) is 1. The monoisotopic (exact) mass is 263 g/mol. The first-order chi connectivity index (χ1) is 9.05. The van der Waals surface area contributed by atoms with Gasteiger partial charge < -0.3 is 9.84 Å². The molecule has 1 heterocycles. The zero-order chi connectivity index (χ0) is 13.9. The van der Waals surface area contributed by atoms with Gasteiger partial charge in [0.05, 0.1) is 18.8 Å². The molecule has 1 N–H and O–H groups in total. The van der Waals surface area contributed by atoms with E-state index in [0.29, 0.717) is 5.56 Å². The first kappa shape index (κ1) is 14.0. The number of aromatic carboxylic acids is 1. The highest BCUT2D eigenvalue weighted by Gasteiger charge is 2.33. The topological polar surface area (TPSA) is 49.8 Å². The zero-order valence-corrected chi connectivity index (χ0v) is 11.6. The maximum absolute atomic E-state index is 10.8. The lowest BCUT2D eigenvalue weighted by Gasteiger charge is -2.44. The molecule has 0 spiro atoms. The highest BCUT2D eigenvalue weighted by atomic mass is 16.5. The van der Waals surface area contributed by atoms with Crippen LogP contribution in [0.2, 0.25) is 0 Å². The average Bonchev–Trinajstić information content (AvgIpc) is 2.42. The van der Waals surface area contributed by atoms with Crippen molar-refractivity contribution in [2.24, 2.45) is 0 Å². The number of carbonyl (C=O) groups is 1. The molecule has 1 saturated heterocycles. The molecule has 0 aliphatic carbocycles. The van der Waals surface area contributed by atoms with Crippen LogP contribution in [0.1, 0.15) is 36.2 Å². The first-order valence-corrected chi connectivity index (χ1v) is 6.70. The summed E-state index contributed by atoms with van der Waals surface area (Å²) in [5.41, 5.74) is 1.56. The Balaban J connectivity index is 2.09. The molecule has 4 heteroatoms. The van der Waals surface area contributed by atoms with Crippen molar-refractivity contribution < 1.29 is 14.6 Å². The Morgan fingerprint density at radius 1 is 1.42 bits per heavy atom. The second-order valence-corrected chi connectivity index (χ2v) is 5.33. The molecule has 1 aliphatic rings. The van der Waals surface area contributed by atoms with Crippen LogP contribution in [0, 0.1) is 0 Å². The minimum atomic E-state index is -0.878. The van der Waals surface area contributed by atoms with Gasteiger partial charge in [-0.3, -0.25) is 4.90 Å². The van der Waals surface area contributed by atoms with E-state index >= 15 is 0 Å². The molecule has 104 valence electrons. The van der Waals surface area contributed by atoms with Crippen molar-refractivity contribution in [1.82, 2.24) is 4.90 Å². The van der Waals surface area contributed by atoms with Gasteiger partial charge in [-0.15, -0.1) is 0 Å². The molecule has 0 aromatic heterocycles. The maximum Gasteiger partial charge on any atom is 0.335 e. The smallest absolute Gasteiger partial charge is 0.335 e. The number of ether oxygens (including phenoxy) is 1. The predicted octanol–water partition coefficient (Wildman–Crippen LogP) is 2.39. The van der Waals surface area contributed by atoms with Crippen LogP contribution in [0.5, 0.6) is 0 Å². The number of benzene rings is 1. The predicted molar refractivity (Wildman–Crippen MR) is 73.3 cm³/mol. The largest absolute Gasteiger partial charge is 0.478 e. The lowest BCUT2D eigenvalue weighted by molar-refractivity contribution is -0.0661. The van der Waals surface area contributed by atoms with Crippen molar-refractivity contribution in [2.75, 3.05) is 19.8 Å². The van der Waals surface area contributed by atoms with E-state index in [-0.39, 0.29) is 5.54 Å². The molecule has 0 saturated carbocycles. The third-order valence-corrected chi connectivity index (χ3v) is 4.02. The fraction of sp³-hybridized carbons (Fsp3) is 0.533. The average molecular weight is 263 g/mol. The van der Waals surface area contributed by atoms with E-state index in [1.165, 1.54) is 0 Å². The summed E-state index contributed by atoms with van der Waals surface area (Å²) in [4.78, 5) is 13.2. The Hall–Kier alpha value is -1.39. The summed E-state index contributed by atoms with van der Waals surface area (Å²) in [5.74, 6) is -0.878. The van der Waals surface area contributed by atoms with E-state index in [9.17, 15) is 4.79 Å². The second kappa shape index (κ2) is 5.72. The van der Waals surface area contributed by atoms with Gasteiger partial charge in [-0.1, -0.05) is 19.1 Å². The molecule has 4 nitrogen and oxygen atoms in total. The highest BCUT2D eigenvalue weighted by molar-refractivity contribution is 5.87. The first-order valence-electron chi connectivity index (χ1n) is 6.70. The van der Waals surface area contributed by atoms with Gasteiger partial charge in [0, 0.05) is 18.6 Å². The van der Waals surface area contributed by atoms with Crippen molar-refractivity contribution in [3.63, 3.8) is 0 Å². The zero-order valence-electron chi connectivity index (χ0n) is 11.6. The van der Waals surface area contributed by atoms with Gasteiger partial charge in [-0.05, 0) is 31.0 Å². The van der Waals surface area contributed by atoms with Gasteiger partial charge in [0.25, 0.3) is 0 Å². The van der Waals surface area contributed by atoms with E-state index in [1.54, 1.807) is 12.1 Å². The lowest BCUT2D eigenvalue weighted by atomic mass is 9.95. The third-order valence-electron chi connectivity index (χ3n) is 4.02. The molecular weight excluding hydrogens is 242 g/mol. The van der Waals surface area contributed by atoms with Crippen LogP contribution in [0.25, 0.3) is 0 Å². The van der Waals surface area contributed by atoms with Crippen LogP contribution < -0.4 is 0 Å². The molecule has 0 bridgehead atoms. The van der Waals surface area contributed by atoms with Crippen LogP contribution in [0.15, 0.2) is 24.3 Å². The Kier molecular flexibility index (Phi) is 4.22. The standard InChI is InChI=1S/C15H21NO3/c1-3-15(2)11-19-9-8-16(15)10-12-4-6-13(7-5-12)14(17)18/h4-7H,3,8-11H2,1-2H3,(H,17,18). The van der Waals surface area contributed by atoms with E-state index in [0.717, 1.165) is 38.3 Å². The summed E-state index contributed by atoms with van der Waals surface area (Å²) in [6, 6.07) is 7.13. The molecule has 0 amide bonds. The molecule has 1 unspecified atom stereocenters. The number of morpholine rings is 1. The SMILES string of the molecule is CCC1(C)COCCN1Cc1ccc(C(=O)O)cc1. The molecule has 1 aliphatic heterocycles. The highest BCUT2D eigenvalue weighted by Crippen LogP contribution is 2.25. The normalized spacial score (nSPS) is 24.3. The molecule has 1 aromatic rings. The summed E-state index contributed by atoms with van der Waals surface area (Å²) >= 11 is 0. The second-order valence-electron chi connectivity index (χ2n) is 5.33. The molecule has 1 fully saturated rings. The molecule has 1 aromatic carbocycles. The van der Waals surface area contributed by atoms with Gasteiger partial charge in [-0.25, -0.2) is 4.79 Å². The van der Waals surface area contributed by atoms with E-state index in [4.69, 9.17) is 9.84 Å². The summed E-state index contributed by atoms with van der Waals surface area (Å²) in [7, 11) is 0. The van der Waals surface area contributed by atoms with Gasteiger partial charge in [0.2, 0.25) is 0 Å². The van der Waals surface area contributed by atoms with Gasteiger partial charge in [0.15, 0.2) is 0 Å². The van der Waals surface area contributed by atoms with Crippen LogP contribution in [0.3, 0.4) is 0 Å². The van der Waals surface area contributed by atoms with Crippen molar-refractivity contribution >= 4 is 5.97 Å². The van der Waals surface area contributed by atoms with Crippen LogP contribution in [0.4, 0.5) is 0 Å². The number of hydrogen-bond acceptors (Lipinski definition) is 3. The third kappa shape index (κ3) is 3.14. The van der Waals surface area contributed by atoms with Gasteiger partial charge in [0.1, 0.15) is 0 Å². The number of carboxylic acids is 1. The van der Waals surface area contributed by atoms with E-state index in [1.807, 2.05) is 12.1 Å². The minimum absolute atomic E-state index is 0.0731. The molecule has 19 heavy (non-hydrogen) atoms.